The molecule has 6 aromatic rings. The van der Waals surface area contributed by atoms with E-state index in [1.165, 1.54) is 0 Å². The number of hydrogen-bond donors (Lipinski definition) is 0. The van der Waals surface area contributed by atoms with Crippen LogP contribution in [0.4, 0.5) is 0 Å². The van der Waals surface area contributed by atoms with Crippen molar-refractivity contribution in [3.8, 4) is 46.3 Å². The second-order valence-electron chi connectivity index (χ2n) is 9.68. The normalized spacial score (nSPS) is 11.8. The molecule has 1 heterocycles. The van der Waals surface area contributed by atoms with Gasteiger partial charge in [0.25, 0.3) is 0 Å². The Bertz CT molecular complexity index is 1850. The lowest BCUT2D eigenvalue weighted by Gasteiger charge is -2.22. The Balaban J connectivity index is 1.37. The van der Waals surface area contributed by atoms with Crippen LogP contribution in [-0.4, -0.2) is 13.2 Å². The zero-order valence-corrected chi connectivity index (χ0v) is 21.8. The molecule has 0 aromatic heterocycles. The molecule has 7 rings (SSSR count). The molecule has 0 radical (unpaired) electrons. The Hall–Kier alpha value is -5.44. The molecule has 0 bridgehead atoms. The van der Waals surface area contributed by atoms with Crippen LogP contribution < -0.4 is 9.47 Å². The summed E-state index contributed by atoms with van der Waals surface area (Å²) in [4.78, 5) is 0. The van der Waals surface area contributed by atoms with Gasteiger partial charge in [-0.15, -0.1) is 0 Å². The molecule has 0 unspecified atom stereocenters. The standard InChI is InChI=1S/C38H24O2/c1-3-7-27(8-4-1)11-13-29-15-19-33-31(25-29)17-21-35-37(33)38-34-20-16-30(14-12-28-9-5-2-6-10-28)26-32(34)18-22-36(38)40-24-23-39-35/h1-10,15-22,25-26H,23-24H2. The van der Waals surface area contributed by atoms with Gasteiger partial charge >= 0.3 is 0 Å². The Labute approximate surface area is 233 Å². The molecule has 0 saturated heterocycles. The molecule has 0 spiro atoms. The fraction of sp³-hybridized carbons (Fsp3) is 0.0526. The van der Waals surface area contributed by atoms with E-state index in [1.54, 1.807) is 0 Å². The molecule has 40 heavy (non-hydrogen) atoms. The smallest absolute Gasteiger partial charge is 0.128 e. The predicted octanol–water partition coefficient (Wildman–Crippen LogP) is 8.23. The van der Waals surface area contributed by atoms with E-state index >= 15 is 0 Å². The molecule has 2 heteroatoms. The van der Waals surface area contributed by atoms with E-state index < -0.39 is 0 Å². The Morgan fingerprint density at radius 3 is 1.27 bits per heavy atom. The second-order valence-corrected chi connectivity index (χ2v) is 9.68. The molecule has 0 amide bonds. The second kappa shape index (κ2) is 10.4. The first-order valence-electron chi connectivity index (χ1n) is 13.4. The third-order valence-corrected chi connectivity index (χ3v) is 7.06. The average Bonchev–Trinajstić information content (AvgIpc) is 3.00. The monoisotopic (exact) mass is 512 g/mol. The van der Waals surface area contributed by atoms with Crippen LogP contribution in [-0.2, 0) is 0 Å². The van der Waals surface area contributed by atoms with E-state index in [0.29, 0.717) is 13.2 Å². The van der Waals surface area contributed by atoms with Gasteiger partial charge in [0.1, 0.15) is 24.7 Å². The summed E-state index contributed by atoms with van der Waals surface area (Å²) in [6.07, 6.45) is 0. The minimum atomic E-state index is 0.491. The summed E-state index contributed by atoms with van der Waals surface area (Å²) in [6.45, 7) is 0.981. The summed E-state index contributed by atoms with van der Waals surface area (Å²) in [7, 11) is 0. The molecule has 188 valence electrons. The first-order chi connectivity index (χ1) is 19.8. The SMILES string of the molecule is C(#Cc1ccc2c3c(ccc2c1)OCCOc1ccc2cc(C#Cc4ccccc4)ccc2c1-3)c1ccccc1. The largest absolute Gasteiger partial charge is 0.489 e. The maximum atomic E-state index is 6.21. The number of ether oxygens (including phenoxy) is 2. The highest BCUT2D eigenvalue weighted by Gasteiger charge is 2.21. The summed E-state index contributed by atoms with van der Waals surface area (Å²) in [5.41, 5.74) is 6.03. The van der Waals surface area contributed by atoms with Crippen LogP contribution in [0.5, 0.6) is 11.5 Å². The lowest BCUT2D eigenvalue weighted by molar-refractivity contribution is 0.215. The fourth-order valence-electron chi connectivity index (χ4n) is 5.17. The van der Waals surface area contributed by atoms with Crippen molar-refractivity contribution in [2.75, 3.05) is 13.2 Å². The van der Waals surface area contributed by atoms with Crippen LogP contribution in [0, 0.1) is 23.7 Å². The molecule has 2 nitrogen and oxygen atoms in total. The van der Waals surface area contributed by atoms with Crippen molar-refractivity contribution >= 4 is 21.5 Å². The Kier molecular flexibility index (Phi) is 6.14. The Morgan fingerprint density at radius 2 is 0.825 bits per heavy atom. The van der Waals surface area contributed by atoms with E-state index in [1.807, 2.05) is 60.7 Å². The summed E-state index contributed by atoms with van der Waals surface area (Å²) >= 11 is 0. The van der Waals surface area contributed by atoms with Gasteiger partial charge in [-0.3, -0.25) is 0 Å². The van der Waals surface area contributed by atoms with Crippen LogP contribution in [0.1, 0.15) is 22.3 Å². The van der Waals surface area contributed by atoms with Gasteiger partial charge < -0.3 is 9.47 Å². The van der Waals surface area contributed by atoms with E-state index in [2.05, 4.69) is 84.3 Å². The summed E-state index contributed by atoms with van der Waals surface area (Å²) in [5.74, 6) is 14.9. The molecule has 6 aromatic carbocycles. The number of benzene rings is 6. The molecular weight excluding hydrogens is 488 g/mol. The predicted molar refractivity (Wildman–Crippen MR) is 163 cm³/mol. The highest BCUT2D eigenvalue weighted by molar-refractivity contribution is 6.10. The van der Waals surface area contributed by atoms with Crippen LogP contribution in [0.25, 0.3) is 32.7 Å². The van der Waals surface area contributed by atoms with Crippen molar-refractivity contribution in [1.82, 2.24) is 0 Å². The quantitative estimate of drug-likeness (QED) is 0.191. The van der Waals surface area contributed by atoms with E-state index in [-0.39, 0.29) is 0 Å². The van der Waals surface area contributed by atoms with Gasteiger partial charge in [-0.2, -0.15) is 0 Å². The summed E-state index contributed by atoms with van der Waals surface area (Å²) in [5, 5.41) is 4.43. The number of hydrogen-bond acceptors (Lipinski definition) is 2. The van der Waals surface area contributed by atoms with Crippen molar-refractivity contribution in [3.63, 3.8) is 0 Å². The minimum Gasteiger partial charge on any atom is -0.489 e. The van der Waals surface area contributed by atoms with Gasteiger partial charge in [-0.05, 0) is 82.2 Å². The van der Waals surface area contributed by atoms with Crippen LogP contribution in [0.2, 0.25) is 0 Å². The molecule has 0 fully saturated rings. The van der Waals surface area contributed by atoms with E-state index in [4.69, 9.17) is 9.47 Å². The van der Waals surface area contributed by atoms with Crippen LogP contribution >= 0.6 is 0 Å². The number of fused-ring (bicyclic) bond motifs is 7. The topological polar surface area (TPSA) is 18.5 Å². The van der Waals surface area contributed by atoms with Gasteiger partial charge in [-0.25, -0.2) is 0 Å². The van der Waals surface area contributed by atoms with Crippen LogP contribution in [0.3, 0.4) is 0 Å². The van der Waals surface area contributed by atoms with Crippen molar-refractivity contribution in [1.29, 1.82) is 0 Å². The third kappa shape index (κ3) is 4.64. The van der Waals surface area contributed by atoms with Crippen LogP contribution in [0.15, 0.2) is 121 Å². The molecule has 0 saturated carbocycles. The lowest BCUT2D eigenvalue weighted by atomic mass is 9.91. The van der Waals surface area contributed by atoms with Crippen molar-refractivity contribution < 1.29 is 9.47 Å². The molecule has 1 aliphatic rings. The maximum Gasteiger partial charge on any atom is 0.128 e. The van der Waals surface area contributed by atoms with Crippen molar-refractivity contribution in [3.05, 3.63) is 144 Å². The highest BCUT2D eigenvalue weighted by atomic mass is 16.5. The molecule has 0 atom stereocenters. The zero-order chi connectivity index (χ0) is 26.7. The van der Waals surface area contributed by atoms with Crippen molar-refractivity contribution in [2.24, 2.45) is 0 Å². The summed E-state index contributed by atoms with van der Waals surface area (Å²) in [6, 6.07) is 41.2. The molecule has 0 aliphatic carbocycles. The average molecular weight is 513 g/mol. The van der Waals surface area contributed by atoms with E-state index in [0.717, 1.165) is 66.4 Å². The van der Waals surface area contributed by atoms with Gasteiger partial charge in [-0.1, -0.05) is 84.3 Å². The maximum absolute atomic E-state index is 6.21. The fourth-order valence-corrected chi connectivity index (χ4v) is 5.17. The van der Waals surface area contributed by atoms with Gasteiger partial charge in [0.2, 0.25) is 0 Å². The molecule has 0 N–H and O–H groups in total. The van der Waals surface area contributed by atoms with Gasteiger partial charge in [0.05, 0.1) is 0 Å². The lowest BCUT2D eigenvalue weighted by Crippen LogP contribution is -2.12. The highest BCUT2D eigenvalue weighted by Crippen LogP contribution is 2.46. The third-order valence-electron chi connectivity index (χ3n) is 7.06. The zero-order valence-electron chi connectivity index (χ0n) is 21.8. The minimum absolute atomic E-state index is 0.491. The van der Waals surface area contributed by atoms with E-state index in [9.17, 15) is 0 Å². The number of rotatable bonds is 0. The van der Waals surface area contributed by atoms with Crippen molar-refractivity contribution in [2.45, 2.75) is 0 Å². The van der Waals surface area contributed by atoms with Gasteiger partial charge in [0.15, 0.2) is 0 Å². The Morgan fingerprint density at radius 1 is 0.400 bits per heavy atom. The molecule has 1 aliphatic heterocycles. The summed E-state index contributed by atoms with van der Waals surface area (Å²) < 4.78 is 12.4. The molecular formula is C38H24O2. The first kappa shape index (κ1) is 23.7. The first-order valence-corrected chi connectivity index (χ1v) is 13.4. The van der Waals surface area contributed by atoms with Gasteiger partial charge in [0, 0.05) is 33.4 Å².